The van der Waals surface area contributed by atoms with Crippen molar-refractivity contribution < 1.29 is 14.5 Å². The highest BCUT2D eigenvalue weighted by molar-refractivity contribution is 7.80. The third kappa shape index (κ3) is 6.00. The van der Waals surface area contributed by atoms with Crippen molar-refractivity contribution in [1.82, 2.24) is 0 Å². The van der Waals surface area contributed by atoms with Crippen LogP contribution in [-0.4, -0.2) is 22.6 Å². The van der Waals surface area contributed by atoms with Crippen molar-refractivity contribution in [2.24, 2.45) is 0 Å². The van der Waals surface area contributed by atoms with E-state index in [0.29, 0.717) is 22.7 Å². The average molecular weight is 476 g/mol. The van der Waals surface area contributed by atoms with Gasteiger partial charge in [0.15, 0.2) is 5.11 Å². The minimum Gasteiger partial charge on any atom is -0.462 e. The first-order valence-corrected chi connectivity index (χ1v) is 10.8. The van der Waals surface area contributed by atoms with Gasteiger partial charge in [-0.05, 0) is 36.8 Å². The van der Waals surface area contributed by atoms with Gasteiger partial charge >= 0.3 is 5.97 Å². The van der Waals surface area contributed by atoms with E-state index in [9.17, 15) is 14.9 Å². The number of nitrogens with one attached hydrogen (secondary N) is 2. The number of carbonyl (C=O) groups excluding carboxylic acids is 1. The van der Waals surface area contributed by atoms with E-state index in [-0.39, 0.29) is 22.4 Å². The first-order valence-electron chi connectivity index (χ1n) is 9.23. The quantitative estimate of drug-likeness (QED) is 0.190. The maximum Gasteiger partial charge on any atom is 0.341 e. The molecule has 0 saturated heterocycles. The van der Waals surface area contributed by atoms with Gasteiger partial charge in [0, 0.05) is 23.4 Å². The third-order valence-corrected chi connectivity index (χ3v) is 5.71. The molecule has 31 heavy (non-hydrogen) atoms. The lowest BCUT2D eigenvalue weighted by Gasteiger charge is -2.11. The average Bonchev–Trinajstić information content (AvgIpc) is 3.12. The van der Waals surface area contributed by atoms with Crippen LogP contribution in [0.1, 0.15) is 27.7 Å². The van der Waals surface area contributed by atoms with Crippen LogP contribution in [0.3, 0.4) is 0 Å². The van der Waals surface area contributed by atoms with Crippen molar-refractivity contribution >= 4 is 62.6 Å². The summed E-state index contributed by atoms with van der Waals surface area (Å²) in [5.74, 6) is -0.447. The van der Waals surface area contributed by atoms with Crippen LogP contribution in [0.2, 0.25) is 5.02 Å². The van der Waals surface area contributed by atoms with E-state index < -0.39 is 10.9 Å². The Kier molecular flexibility index (Phi) is 7.56. The van der Waals surface area contributed by atoms with Crippen molar-refractivity contribution in [2.45, 2.75) is 13.3 Å². The number of benzene rings is 2. The predicted molar refractivity (Wildman–Crippen MR) is 127 cm³/mol. The van der Waals surface area contributed by atoms with Gasteiger partial charge in [0.1, 0.15) is 5.00 Å². The Morgan fingerprint density at radius 1 is 1.19 bits per heavy atom. The van der Waals surface area contributed by atoms with Gasteiger partial charge in [-0.1, -0.05) is 41.9 Å². The molecule has 0 aliphatic carbocycles. The summed E-state index contributed by atoms with van der Waals surface area (Å²) in [6.07, 6.45) is 0.661. The Morgan fingerprint density at radius 3 is 2.58 bits per heavy atom. The van der Waals surface area contributed by atoms with E-state index in [1.54, 1.807) is 13.0 Å². The number of carbonyl (C=O) groups is 1. The van der Waals surface area contributed by atoms with E-state index >= 15 is 0 Å². The predicted octanol–water partition coefficient (Wildman–Crippen LogP) is 5.89. The molecule has 1 aromatic heterocycles. The molecule has 2 aromatic carbocycles. The van der Waals surface area contributed by atoms with Gasteiger partial charge in [0.05, 0.1) is 27.8 Å². The van der Waals surface area contributed by atoms with Crippen LogP contribution < -0.4 is 10.6 Å². The number of nitro groups is 1. The number of thiocarbonyl (C=S) groups is 1. The summed E-state index contributed by atoms with van der Waals surface area (Å²) in [5, 5.41) is 17.7. The maximum absolute atomic E-state index is 12.4. The van der Waals surface area contributed by atoms with Crippen LogP contribution in [-0.2, 0) is 11.2 Å². The number of nitrogens with zero attached hydrogens (tertiary/aromatic N) is 1. The van der Waals surface area contributed by atoms with Gasteiger partial charge in [-0.25, -0.2) is 4.79 Å². The standard InChI is InChI=1S/C21H18ClN3O4S2/c1-2-29-20(26)16-12-15(10-13-6-4-3-5-7-13)31-19(16)24-21(30)23-18-9-8-14(25(27)28)11-17(18)22/h3-9,11-12H,2,10H2,1H3,(H2,23,24,30). The number of anilines is 2. The summed E-state index contributed by atoms with van der Waals surface area (Å²) in [5.41, 5.74) is 1.78. The highest BCUT2D eigenvalue weighted by Crippen LogP contribution is 2.32. The number of hydrogen-bond acceptors (Lipinski definition) is 6. The van der Waals surface area contributed by atoms with Crippen molar-refractivity contribution in [1.29, 1.82) is 0 Å². The smallest absolute Gasteiger partial charge is 0.341 e. The van der Waals surface area contributed by atoms with Gasteiger partial charge < -0.3 is 15.4 Å². The van der Waals surface area contributed by atoms with Crippen molar-refractivity contribution in [3.8, 4) is 0 Å². The Bertz CT molecular complexity index is 1120. The molecule has 0 atom stereocenters. The second-order valence-corrected chi connectivity index (χ2v) is 8.29. The van der Waals surface area contributed by atoms with Crippen molar-refractivity contribution in [2.75, 3.05) is 17.2 Å². The monoisotopic (exact) mass is 475 g/mol. The van der Waals surface area contributed by atoms with E-state index in [1.807, 2.05) is 30.3 Å². The summed E-state index contributed by atoms with van der Waals surface area (Å²) >= 11 is 12.9. The summed E-state index contributed by atoms with van der Waals surface area (Å²) in [6, 6.07) is 15.7. The minimum absolute atomic E-state index is 0.122. The number of halogens is 1. The second kappa shape index (κ2) is 10.3. The topological polar surface area (TPSA) is 93.5 Å². The summed E-state index contributed by atoms with van der Waals surface area (Å²) < 4.78 is 5.17. The molecule has 10 heteroatoms. The van der Waals surface area contributed by atoms with E-state index in [2.05, 4.69) is 10.6 Å². The molecule has 0 unspecified atom stereocenters. The van der Waals surface area contributed by atoms with Gasteiger partial charge in [-0.3, -0.25) is 10.1 Å². The number of nitro benzene ring substituents is 1. The molecule has 1 heterocycles. The fraction of sp³-hybridized carbons (Fsp3) is 0.143. The molecule has 3 rings (SSSR count). The minimum atomic E-state index is -0.530. The lowest BCUT2D eigenvalue weighted by atomic mass is 10.1. The fourth-order valence-electron chi connectivity index (χ4n) is 2.76. The Labute approximate surface area is 193 Å². The molecule has 3 aromatic rings. The molecule has 0 fully saturated rings. The molecule has 0 bridgehead atoms. The van der Waals surface area contributed by atoms with Crippen molar-refractivity contribution in [3.63, 3.8) is 0 Å². The molecule has 7 nitrogen and oxygen atoms in total. The van der Waals surface area contributed by atoms with E-state index in [1.165, 1.54) is 29.5 Å². The molecule has 0 radical (unpaired) electrons. The molecule has 0 spiro atoms. The van der Waals surface area contributed by atoms with Gasteiger partial charge in [-0.2, -0.15) is 0 Å². The molecule has 0 amide bonds. The summed E-state index contributed by atoms with van der Waals surface area (Å²) in [6.45, 7) is 1.99. The number of non-ortho nitro benzene ring substituents is 1. The first-order chi connectivity index (χ1) is 14.9. The number of thiophene rings is 1. The van der Waals surface area contributed by atoms with E-state index in [4.69, 9.17) is 28.6 Å². The Balaban J connectivity index is 1.79. The number of hydrogen-bond donors (Lipinski definition) is 2. The lowest BCUT2D eigenvalue weighted by molar-refractivity contribution is -0.384. The number of ether oxygens (including phenoxy) is 1. The lowest BCUT2D eigenvalue weighted by Crippen LogP contribution is -2.20. The zero-order chi connectivity index (χ0) is 22.4. The van der Waals surface area contributed by atoms with Crippen LogP contribution >= 0.6 is 35.2 Å². The van der Waals surface area contributed by atoms with Gasteiger partial charge in [0.2, 0.25) is 0 Å². The molecular formula is C21H18ClN3O4S2. The number of rotatable bonds is 7. The van der Waals surface area contributed by atoms with Crippen LogP contribution in [0.25, 0.3) is 0 Å². The Hall–Kier alpha value is -3.01. The van der Waals surface area contributed by atoms with Crippen LogP contribution in [0.5, 0.6) is 0 Å². The SMILES string of the molecule is CCOC(=O)c1cc(Cc2ccccc2)sc1NC(=S)Nc1ccc([N+](=O)[O-])cc1Cl. The summed E-state index contributed by atoms with van der Waals surface area (Å²) in [7, 11) is 0. The summed E-state index contributed by atoms with van der Waals surface area (Å²) in [4.78, 5) is 23.7. The number of esters is 1. The van der Waals surface area contributed by atoms with Crippen molar-refractivity contribution in [3.05, 3.63) is 85.7 Å². The third-order valence-electron chi connectivity index (χ3n) is 4.14. The van der Waals surface area contributed by atoms with Crippen LogP contribution in [0, 0.1) is 10.1 Å². The van der Waals surface area contributed by atoms with Gasteiger partial charge in [0.25, 0.3) is 5.69 Å². The van der Waals surface area contributed by atoms with E-state index in [0.717, 1.165) is 10.4 Å². The van der Waals surface area contributed by atoms with Crippen LogP contribution in [0.4, 0.5) is 16.4 Å². The highest BCUT2D eigenvalue weighted by atomic mass is 35.5. The molecule has 160 valence electrons. The Morgan fingerprint density at radius 2 is 1.94 bits per heavy atom. The zero-order valence-corrected chi connectivity index (χ0v) is 18.8. The zero-order valence-electron chi connectivity index (χ0n) is 16.4. The molecule has 0 aliphatic heterocycles. The second-order valence-electron chi connectivity index (χ2n) is 6.34. The maximum atomic E-state index is 12.4. The molecule has 2 N–H and O–H groups in total. The molecule has 0 saturated carbocycles. The van der Waals surface area contributed by atoms with Gasteiger partial charge in [-0.15, -0.1) is 11.3 Å². The first kappa shape index (κ1) is 22.7. The molecule has 0 aliphatic rings. The normalized spacial score (nSPS) is 10.4. The van der Waals surface area contributed by atoms with Crippen LogP contribution in [0.15, 0.2) is 54.6 Å². The highest BCUT2D eigenvalue weighted by Gasteiger charge is 2.19. The molecular weight excluding hydrogens is 458 g/mol. The largest absolute Gasteiger partial charge is 0.462 e. The fourth-order valence-corrected chi connectivity index (χ4v) is 4.34.